The molecule has 1 heterocycles. The summed E-state index contributed by atoms with van der Waals surface area (Å²) in [5.74, 6) is 0.257. The van der Waals surface area contributed by atoms with Gasteiger partial charge in [-0.2, -0.15) is 18.3 Å². The molecule has 0 aliphatic rings. The molecule has 0 spiro atoms. The average Bonchev–Trinajstić information content (AvgIpc) is 2.32. The zero-order valence-corrected chi connectivity index (χ0v) is 8.98. The van der Waals surface area contributed by atoms with Gasteiger partial charge in [-0.15, -0.1) is 5.10 Å². The lowest BCUT2D eigenvalue weighted by Crippen LogP contribution is -2.06. The lowest BCUT2D eigenvalue weighted by molar-refractivity contribution is -0.137. The normalized spacial score (nSPS) is 11.3. The van der Waals surface area contributed by atoms with Crippen LogP contribution in [-0.4, -0.2) is 10.2 Å². The molecule has 0 aliphatic carbocycles. The Morgan fingerprint density at radius 2 is 1.94 bits per heavy atom. The van der Waals surface area contributed by atoms with Crippen molar-refractivity contribution in [3.63, 3.8) is 0 Å². The third-order valence-electron chi connectivity index (χ3n) is 2.10. The van der Waals surface area contributed by atoms with Crippen LogP contribution in [-0.2, 0) is 6.18 Å². The predicted octanol–water partition coefficient (Wildman–Crippen LogP) is 2.87. The van der Waals surface area contributed by atoms with E-state index >= 15 is 0 Å². The van der Waals surface area contributed by atoms with E-state index in [0.29, 0.717) is 0 Å². The number of nitrogen functional groups attached to an aromatic ring is 1. The number of rotatable bonds is 2. The number of anilines is 1. The van der Waals surface area contributed by atoms with Gasteiger partial charge in [0.15, 0.2) is 5.75 Å². The number of ether oxygens (including phenoxy) is 1. The maximum absolute atomic E-state index is 12.4. The molecule has 2 aromatic rings. The Hall–Kier alpha value is -2.31. The van der Waals surface area contributed by atoms with Crippen molar-refractivity contribution in [1.82, 2.24) is 10.2 Å². The van der Waals surface area contributed by atoms with Crippen molar-refractivity contribution in [2.75, 3.05) is 5.73 Å². The Balaban J connectivity index is 2.26. The Morgan fingerprint density at radius 1 is 1.17 bits per heavy atom. The number of benzene rings is 1. The lowest BCUT2D eigenvalue weighted by atomic mass is 10.2. The second-order valence-electron chi connectivity index (χ2n) is 3.41. The molecule has 94 valence electrons. The van der Waals surface area contributed by atoms with Crippen molar-refractivity contribution in [3.05, 3.63) is 42.1 Å². The van der Waals surface area contributed by atoms with Crippen LogP contribution in [0.5, 0.6) is 11.6 Å². The van der Waals surface area contributed by atoms with Crippen LogP contribution >= 0.6 is 0 Å². The molecule has 0 bridgehead atoms. The fraction of sp³-hybridized carbons (Fsp3) is 0.0909. The summed E-state index contributed by atoms with van der Waals surface area (Å²) in [4.78, 5) is 0. The van der Waals surface area contributed by atoms with Crippen LogP contribution in [0.3, 0.4) is 0 Å². The van der Waals surface area contributed by atoms with Crippen LogP contribution < -0.4 is 10.5 Å². The van der Waals surface area contributed by atoms with Gasteiger partial charge in [-0.25, -0.2) is 0 Å². The highest BCUT2D eigenvalue weighted by atomic mass is 19.4. The lowest BCUT2D eigenvalue weighted by Gasteiger charge is -2.10. The first kappa shape index (κ1) is 12.2. The number of hydrogen-bond acceptors (Lipinski definition) is 4. The Labute approximate surface area is 100 Å². The molecule has 2 N–H and O–H groups in total. The van der Waals surface area contributed by atoms with Gasteiger partial charge in [-0.1, -0.05) is 0 Å². The fourth-order valence-electron chi connectivity index (χ4n) is 1.27. The molecule has 0 unspecified atom stereocenters. The summed E-state index contributed by atoms with van der Waals surface area (Å²) in [6.45, 7) is 0. The number of alkyl halides is 3. The number of aromatic nitrogens is 2. The number of halogens is 3. The summed E-state index contributed by atoms with van der Waals surface area (Å²) < 4.78 is 42.4. The van der Waals surface area contributed by atoms with E-state index in [1.807, 2.05) is 0 Å². The van der Waals surface area contributed by atoms with Gasteiger partial charge in [0.1, 0.15) is 0 Å². The molecule has 0 radical (unpaired) electrons. The van der Waals surface area contributed by atoms with Crippen molar-refractivity contribution in [1.29, 1.82) is 0 Å². The standard InChI is InChI=1S/C11H8F3N3O/c12-11(13,14)7-3-4-9(8(15)6-7)18-10-2-1-5-16-17-10/h1-6H,15H2. The SMILES string of the molecule is Nc1cc(C(F)(F)F)ccc1Oc1cccnn1. The molecule has 4 nitrogen and oxygen atoms in total. The minimum absolute atomic E-state index is 0.100. The van der Waals surface area contributed by atoms with Crippen LogP contribution in [0.15, 0.2) is 36.5 Å². The topological polar surface area (TPSA) is 61.0 Å². The van der Waals surface area contributed by atoms with Crippen molar-refractivity contribution >= 4 is 5.69 Å². The van der Waals surface area contributed by atoms with E-state index in [9.17, 15) is 13.2 Å². The summed E-state index contributed by atoms with van der Waals surface area (Å²) in [7, 11) is 0. The Morgan fingerprint density at radius 3 is 2.50 bits per heavy atom. The highest BCUT2D eigenvalue weighted by Gasteiger charge is 2.30. The molecule has 7 heteroatoms. The second kappa shape index (κ2) is 4.52. The summed E-state index contributed by atoms with van der Waals surface area (Å²) in [5.41, 5.74) is 4.55. The molecular weight excluding hydrogens is 247 g/mol. The zero-order valence-electron chi connectivity index (χ0n) is 8.98. The van der Waals surface area contributed by atoms with Crippen LogP contribution in [0.2, 0.25) is 0 Å². The second-order valence-corrected chi connectivity index (χ2v) is 3.41. The maximum Gasteiger partial charge on any atom is 0.416 e. The highest BCUT2D eigenvalue weighted by Crippen LogP contribution is 2.34. The van der Waals surface area contributed by atoms with Crippen molar-refractivity contribution in [2.24, 2.45) is 0 Å². The first-order chi connectivity index (χ1) is 8.47. The van der Waals surface area contributed by atoms with Gasteiger partial charge in [0.05, 0.1) is 11.3 Å². The summed E-state index contributed by atoms with van der Waals surface area (Å²) in [5, 5.41) is 7.21. The molecule has 1 aromatic carbocycles. The van der Waals surface area contributed by atoms with E-state index in [2.05, 4.69) is 10.2 Å². The third kappa shape index (κ3) is 2.68. The van der Waals surface area contributed by atoms with Crippen LogP contribution in [0.25, 0.3) is 0 Å². The number of nitrogens with zero attached hydrogens (tertiary/aromatic N) is 2. The van der Waals surface area contributed by atoms with Crippen molar-refractivity contribution < 1.29 is 17.9 Å². The van der Waals surface area contributed by atoms with E-state index < -0.39 is 11.7 Å². The van der Waals surface area contributed by atoms with Gasteiger partial charge in [-0.05, 0) is 24.3 Å². The van der Waals surface area contributed by atoms with Crippen molar-refractivity contribution in [3.8, 4) is 11.6 Å². The maximum atomic E-state index is 12.4. The van der Waals surface area contributed by atoms with E-state index in [-0.39, 0.29) is 17.3 Å². The summed E-state index contributed by atoms with van der Waals surface area (Å²) in [6, 6.07) is 5.95. The molecule has 18 heavy (non-hydrogen) atoms. The minimum Gasteiger partial charge on any atom is -0.435 e. The first-order valence-corrected chi connectivity index (χ1v) is 4.89. The van der Waals surface area contributed by atoms with Crippen molar-refractivity contribution in [2.45, 2.75) is 6.18 Å². The molecule has 0 aliphatic heterocycles. The molecule has 0 saturated heterocycles. The first-order valence-electron chi connectivity index (χ1n) is 4.89. The van der Waals surface area contributed by atoms with Gasteiger partial charge < -0.3 is 10.5 Å². The molecule has 0 saturated carbocycles. The largest absolute Gasteiger partial charge is 0.435 e. The zero-order chi connectivity index (χ0) is 13.2. The van der Waals surface area contributed by atoms with E-state index in [4.69, 9.17) is 10.5 Å². The summed E-state index contributed by atoms with van der Waals surface area (Å²) in [6.07, 6.45) is -2.98. The Kier molecular flexibility index (Phi) is 3.05. The van der Waals surface area contributed by atoms with E-state index in [1.165, 1.54) is 12.3 Å². The predicted molar refractivity (Wildman–Crippen MR) is 58.0 cm³/mol. The third-order valence-corrected chi connectivity index (χ3v) is 2.10. The summed E-state index contributed by atoms with van der Waals surface area (Å²) >= 11 is 0. The molecule has 0 fully saturated rings. The van der Waals surface area contributed by atoms with Gasteiger partial charge in [0, 0.05) is 12.3 Å². The van der Waals surface area contributed by atoms with Crippen LogP contribution in [0.1, 0.15) is 5.56 Å². The number of nitrogens with two attached hydrogens (primary N) is 1. The van der Waals surface area contributed by atoms with Crippen LogP contribution in [0.4, 0.5) is 18.9 Å². The minimum atomic E-state index is -4.43. The molecule has 0 atom stereocenters. The molecule has 2 rings (SSSR count). The van der Waals surface area contributed by atoms with Gasteiger partial charge in [0.25, 0.3) is 0 Å². The molecular formula is C11H8F3N3O. The quantitative estimate of drug-likeness (QED) is 0.838. The average molecular weight is 255 g/mol. The Bertz CT molecular complexity index is 543. The smallest absolute Gasteiger partial charge is 0.416 e. The van der Waals surface area contributed by atoms with E-state index in [0.717, 1.165) is 18.2 Å². The van der Waals surface area contributed by atoms with E-state index in [1.54, 1.807) is 6.07 Å². The highest BCUT2D eigenvalue weighted by molar-refractivity contribution is 5.55. The molecule has 1 aromatic heterocycles. The monoisotopic (exact) mass is 255 g/mol. The van der Waals surface area contributed by atoms with Crippen LogP contribution in [0, 0.1) is 0 Å². The van der Waals surface area contributed by atoms with Gasteiger partial charge >= 0.3 is 6.18 Å². The molecule has 0 amide bonds. The number of hydrogen-bond donors (Lipinski definition) is 1. The van der Waals surface area contributed by atoms with Gasteiger partial charge in [0.2, 0.25) is 5.88 Å². The van der Waals surface area contributed by atoms with Gasteiger partial charge in [-0.3, -0.25) is 0 Å². The fourth-order valence-corrected chi connectivity index (χ4v) is 1.27.